The Bertz CT molecular complexity index is 526. The van der Waals surface area contributed by atoms with Crippen molar-refractivity contribution in [1.29, 1.82) is 0 Å². The molecule has 0 bridgehead atoms. The van der Waals surface area contributed by atoms with Crippen molar-refractivity contribution in [2.75, 3.05) is 13.7 Å². The number of hydrogen-bond donors (Lipinski definition) is 0. The molecule has 0 heterocycles. The highest BCUT2D eigenvalue weighted by atomic mass is 35.7. The van der Waals surface area contributed by atoms with Crippen LogP contribution in [0.25, 0.3) is 0 Å². The fourth-order valence-corrected chi connectivity index (χ4v) is 2.22. The number of carbonyl (C=O) groups is 1. The van der Waals surface area contributed by atoms with Crippen LogP contribution in [0.3, 0.4) is 0 Å². The molecular weight excluding hydrogens is 291 g/mol. The zero-order valence-corrected chi connectivity index (χ0v) is 11.0. The van der Waals surface area contributed by atoms with Gasteiger partial charge in [0.25, 0.3) is 9.05 Å². The third-order valence-corrected chi connectivity index (χ3v) is 3.32. The largest absolute Gasteiger partial charge is 0.480 e. The van der Waals surface area contributed by atoms with E-state index < -0.39 is 21.6 Å². The molecule has 8 heteroatoms. The molecule has 94 valence electrons. The van der Waals surface area contributed by atoms with Crippen molar-refractivity contribution < 1.29 is 22.7 Å². The summed E-state index contributed by atoms with van der Waals surface area (Å²) >= 11 is 5.64. The van der Waals surface area contributed by atoms with Crippen molar-refractivity contribution >= 4 is 37.3 Å². The molecule has 0 aliphatic rings. The van der Waals surface area contributed by atoms with E-state index in [1.165, 1.54) is 19.2 Å². The van der Waals surface area contributed by atoms with Crippen LogP contribution in [0.5, 0.6) is 5.75 Å². The molecule has 0 aromatic heterocycles. The minimum Gasteiger partial charge on any atom is -0.480 e. The van der Waals surface area contributed by atoms with Gasteiger partial charge in [0.15, 0.2) is 6.61 Å². The van der Waals surface area contributed by atoms with E-state index in [1.807, 2.05) is 0 Å². The van der Waals surface area contributed by atoms with Gasteiger partial charge in [-0.25, -0.2) is 13.2 Å². The molecule has 0 saturated heterocycles. The molecule has 0 spiro atoms. The quantitative estimate of drug-likeness (QED) is 0.626. The second-order valence-corrected chi connectivity index (χ2v) is 5.86. The van der Waals surface area contributed by atoms with Crippen LogP contribution < -0.4 is 4.74 Å². The van der Waals surface area contributed by atoms with Gasteiger partial charge in [-0.05, 0) is 18.2 Å². The third kappa shape index (κ3) is 4.07. The average molecular weight is 299 g/mol. The molecule has 0 amide bonds. The summed E-state index contributed by atoms with van der Waals surface area (Å²) in [5, 5.41) is 0.189. The Labute approximate surface area is 108 Å². The van der Waals surface area contributed by atoms with E-state index in [2.05, 4.69) is 4.74 Å². The number of esters is 1. The number of methoxy groups -OCH3 is 1. The molecule has 0 aliphatic heterocycles. The molecule has 0 radical (unpaired) electrons. The molecule has 0 atom stereocenters. The van der Waals surface area contributed by atoms with E-state index >= 15 is 0 Å². The van der Waals surface area contributed by atoms with Gasteiger partial charge < -0.3 is 9.47 Å². The fourth-order valence-electron chi connectivity index (χ4n) is 0.987. The van der Waals surface area contributed by atoms with E-state index in [4.69, 9.17) is 27.0 Å². The smallest absolute Gasteiger partial charge is 0.343 e. The van der Waals surface area contributed by atoms with Gasteiger partial charge in [-0.3, -0.25) is 0 Å². The van der Waals surface area contributed by atoms with Gasteiger partial charge in [-0.1, -0.05) is 11.6 Å². The van der Waals surface area contributed by atoms with Crippen LogP contribution in [-0.2, 0) is 18.6 Å². The van der Waals surface area contributed by atoms with Crippen molar-refractivity contribution in [3.05, 3.63) is 23.2 Å². The number of benzene rings is 1. The van der Waals surface area contributed by atoms with Crippen molar-refractivity contribution in [3.63, 3.8) is 0 Å². The monoisotopic (exact) mass is 298 g/mol. The molecule has 0 saturated carbocycles. The van der Waals surface area contributed by atoms with Gasteiger partial charge in [0, 0.05) is 15.7 Å². The van der Waals surface area contributed by atoms with Crippen molar-refractivity contribution in [3.8, 4) is 5.75 Å². The molecule has 5 nitrogen and oxygen atoms in total. The number of hydrogen-bond acceptors (Lipinski definition) is 5. The third-order valence-electron chi connectivity index (χ3n) is 1.74. The molecule has 0 unspecified atom stereocenters. The fraction of sp³-hybridized carbons (Fsp3) is 0.222. The van der Waals surface area contributed by atoms with Crippen LogP contribution in [0, 0.1) is 0 Å². The van der Waals surface area contributed by atoms with Crippen LogP contribution in [0.2, 0.25) is 5.02 Å². The van der Waals surface area contributed by atoms with Crippen LogP contribution in [0.4, 0.5) is 0 Å². The predicted octanol–water partition coefficient (Wildman–Crippen LogP) is 1.82. The summed E-state index contributed by atoms with van der Waals surface area (Å²) in [5.41, 5.74) is 0. The van der Waals surface area contributed by atoms with E-state index in [0.29, 0.717) is 0 Å². The van der Waals surface area contributed by atoms with Crippen molar-refractivity contribution in [2.24, 2.45) is 0 Å². The van der Waals surface area contributed by atoms with Crippen LogP contribution in [0.15, 0.2) is 23.1 Å². The maximum absolute atomic E-state index is 11.2. The number of ether oxygens (including phenoxy) is 2. The summed E-state index contributed by atoms with van der Waals surface area (Å²) in [6.07, 6.45) is 0. The molecule has 17 heavy (non-hydrogen) atoms. The van der Waals surface area contributed by atoms with Gasteiger partial charge in [0.2, 0.25) is 0 Å². The zero-order chi connectivity index (χ0) is 13.1. The first-order valence-corrected chi connectivity index (χ1v) is 6.97. The van der Waals surface area contributed by atoms with E-state index in [1.54, 1.807) is 0 Å². The summed E-state index contributed by atoms with van der Waals surface area (Å²) < 4.78 is 31.8. The Kier molecular flexibility index (Phi) is 4.62. The lowest BCUT2D eigenvalue weighted by Crippen LogP contribution is -2.13. The molecule has 0 fully saturated rings. The highest BCUT2D eigenvalue weighted by Crippen LogP contribution is 2.29. The summed E-state index contributed by atoms with van der Waals surface area (Å²) in [6, 6.07) is 3.86. The van der Waals surface area contributed by atoms with Crippen molar-refractivity contribution in [1.82, 2.24) is 0 Å². The van der Waals surface area contributed by atoms with Crippen molar-refractivity contribution in [2.45, 2.75) is 4.90 Å². The predicted molar refractivity (Wildman–Crippen MR) is 62.0 cm³/mol. The Balaban J connectivity index is 3.04. The Morgan fingerprint density at radius 3 is 2.59 bits per heavy atom. The highest BCUT2D eigenvalue weighted by molar-refractivity contribution is 8.13. The topological polar surface area (TPSA) is 69.7 Å². The molecule has 0 N–H and O–H groups in total. The van der Waals surface area contributed by atoms with E-state index in [9.17, 15) is 13.2 Å². The number of carbonyl (C=O) groups excluding carboxylic acids is 1. The first kappa shape index (κ1) is 14.1. The summed E-state index contributed by atoms with van der Waals surface area (Å²) in [5.74, 6) is -0.701. The maximum Gasteiger partial charge on any atom is 0.343 e. The lowest BCUT2D eigenvalue weighted by Gasteiger charge is -2.08. The molecule has 1 aromatic carbocycles. The minimum absolute atomic E-state index is 0.0604. The van der Waals surface area contributed by atoms with Gasteiger partial charge in [0.05, 0.1) is 7.11 Å². The second kappa shape index (κ2) is 5.57. The van der Waals surface area contributed by atoms with Gasteiger partial charge in [0.1, 0.15) is 10.6 Å². The lowest BCUT2D eigenvalue weighted by molar-refractivity contribution is -0.142. The molecule has 1 aromatic rings. The van der Waals surface area contributed by atoms with Crippen LogP contribution in [-0.4, -0.2) is 28.1 Å². The van der Waals surface area contributed by atoms with Gasteiger partial charge >= 0.3 is 5.97 Å². The summed E-state index contributed by atoms with van der Waals surface area (Å²) in [7, 11) is 2.39. The Morgan fingerprint density at radius 2 is 2.06 bits per heavy atom. The summed E-state index contributed by atoms with van der Waals surface area (Å²) in [6.45, 7) is -0.419. The van der Waals surface area contributed by atoms with Crippen LogP contribution in [0.1, 0.15) is 0 Å². The van der Waals surface area contributed by atoms with E-state index in [0.717, 1.165) is 6.07 Å². The van der Waals surface area contributed by atoms with E-state index in [-0.39, 0.29) is 15.7 Å². The average Bonchev–Trinajstić information content (AvgIpc) is 2.25. The van der Waals surface area contributed by atoms with Crippen LogP contribution >= 0.6 is 22.3 Å². The number of halogens is 2. The standard InChI is InChI=1S/C9H8Cl2O5S/c1-15-9(12)5-16-7-3-2-6(10)4-8(7)17(11,13)14/h2-4H,5H2,1H3. The number of rotatable bonds is 4. The normalized spacial score (nSPS) is 11.0. The first-order valence-electron chi connectivity index (χ1n) is 4.28. The maximum atomic E-state index is 11.2. The Hall–Kier alpha value is -0.980. The SMILES string of the molecule is COC(=O)COc1ccc(Cl)cc1S(=O)(=O)Cl. The molecule has 0 aliphatic carbocycles. The first-order chi connectivity index (χ1) is 7.84. The lowest BCUT2D eigenvalue weighted by atomic mass is 10.3. The minimum atomic E-state index is -4.00. The molecular formula is C9H8Cl2O5S. The molecule has 1 rings (SSSR count). The van der Waals surface area contributed by atoms with Gasteiger partial charge in [-0.15, -0.1) is 0 Å². The second-order valence-electron chi connectivity index (χ2n) is 2.89. The van der Waals surface area contributed by atoms with Gasteiger partial charge in [-0.2, -0.15) is 0 Å². The zero-order valence-electron chi connectivity index (χ0n) is 8.64. The Morgan fingerprint density at radius 1 is 1.41 bits per heavy atom. The highest BCUT2D eigenvalue weighted by Gasteiger charge is 2.18. The summed E-state index contributed by atoms with van der Waals surface area (Å²) in [4.78, 5) is 10.6.